The highest BCUT2D eigenvalue weighted by molar-refractivity contribution is 6.09. The first kappa shape index (κ1) is 18.2. The SMILES string of the molecule is CC(C)(C)C(=O)Nc1cccc(C(=O)Nc2ccccc2C(N)=O)c1. The predicted octanol–water partition coefficient (Wildman–Crippen LogP) is 3.02. The Hall–Kier alpha value is -3.15. The maximum atomic E-state index is 12.4. The zero-order chi connectivity index (χ0) is 18.6. The molecule has 4 N–H and O–H groups in total. The highest BCUT2D eigenvalue weighted by Crippen LogP contribution is 2.20. The van der Waals surface area contributed by atoms with E-state index in [-0.39, 0.29) is 11.5 Å². The summed E-state index contributed by atoms with van der Waals surface area (Å²) in [5.74, 6) is -1.17. The van der Waals surface area contributed by atoms with Crippen molar-refractivity contribution in [1.82, 2.24) is 0 Å². The van der Waals surface area contributed by atoms with E-state index >= 15 is 0 Å². The van der Waals surface area contributed by atoms with Crippen LogP contribution in [0.15, 0.2) is 48.5 Å². The molecule has 130 valence electrons. The van der Waals surface area contributed by atoms with Crippen molar-refractivity contribution < 1.29 is 14.4 Å². The van der Waals surface area contributed by atoms with Crippen LogP contribution in [0.3, 0.4) is 0 Å². The monoisotopic (exact) mass is 339 g/mol. The number of benzene rings is 2. The Bertz CT molecular complexity index is 823. The van der Waals surface area contributed by atoms with Gasteiger partial charge in [0, 0.05) is 16.7 Å². The van der Waals surface area contributed by atoms with E-state index in [4.69, 9.17) is 5.73 Å². The Labute approximate surface area is 146 Å². The molecule has 0 bridgehead atoms. The van der Waals surface area contributed by atoms with Crippen LogP contribution in [0.25, 0.3) is 0 Å². The minimum Gasteiger partial charge on any atom is -0.366 e. The van der Waals surface area contributed by atoms with Crippen LogP contribution in [0.2, 0.25) is 0 Å². The molecule has 0 radical (unpaired) electrons. The second kappa shape index (κ2) is 7.17. The standard InChI is InChI=1S/C19H21N3O3/c1-19(2,3)18(25)21-13-8-6-7-12(11-13)17(24)22-15-10-5-4-9-14(15)16(20)23/h4-11H,1-3H3,(H2,20,23)(H,21,25)(H,22,24). The Morgan fingerprint density at radius 1 is 0.920 bits per heavy atom. The number of amides is 3. The molecule has 0 saturated heterocycles. The summed E-state index contributed by atoms with van der Waals surface area (Å²) in [6.07, 6.45) is 0. The molecular formula is C19H21N3O3. The zero-order valence-electron chi connectivity index (χ0n) is 14.4. The summed E-state index contributed by atoms with van der Waals surface area (Å²) in [6, 6.07) is 13.1. The summed E-state index contributed by atoms with van der Waals surface area (Å²) >= 11 is 0. The lowest BCUT2D eigenvalue weighted by molar-refractivity contribution is -0.123. The van der Waals surface area contributed by atoms with E-state index in [2.05, 4.69) is 10.6 Å². The first-order valence-electron chi connectivity index (χ1n) is 7.80. The maximum absolute atomic E-state index is 12.4. The molecule has 2 rings (SSSR count). The van der Waals surface area contributed by atoms with Gasteiger partial charge in [-0.2, -0.15) is 0 Å². The average Bonchev–Trinajstić information content (AvgIpc) is 2.54. The van der Waals surface area contributed by atoms with E-state index in [1.807, 2.05) is 0 Å². The number of nitrogens with one attached hydrogen (secondary N) is 2. The summed E-state index contributed by atoms with van der Waals surface area (Å²) in [5.41, 5.74) is 6.21. The molecule has 0 aromatic heterocycles. The Morgan fingerprint density at radius 2 is 1.60 bits per heavy atom. The molecule has 0 aliphatic heterocycles. The van der Waals surface area contributed by atoms with Crippen LogP contribution in [0, 0.1) is 5.41 Å². The van der Waals surface area contributed by atoms with Gasteiger partial charge >= 0.3 is 0 Å². The molecule has 6 nitrogen and oxygen atoms in total. The Morgan fingerprint density at radius 3 is 2.24 bits per heavy atom. The number of hydrogen-bond donors (Lipinski definition) is 3. The summed E-state index contributed by atoms with van der Waals surface area (Å²) in [7, 11) is 0. The molecule has 0 spiro atoms. The normalized spacial score (nSPS) is 10.8. The minimum atomic E-state index is -0.623. The van der Waals surface area contributed by atoms with Crippen molar-refractivity contribution in [2.45, 2.75) is 20.8 Å². The largest absolute Gasteiger partial charge is 0.366 e. The Balaban J connectivity index is 2.20. The molecule has 0 fully saturated rings. The number of nitrogens with two attached hydrogens (primary N) is 1. The topological polar surface area (TPSA) is 101 Å². The highest BCUT2D eigenvalue weighted by Gasteiger charge is 2.21. The molecule has 0 heterocycles. The van der Waals surface area contributed by atoms with E-state index in [9.17, 15) is 14.4 Å². The number of anilines is 2. The second-order valence-corrected chi connectivity index (χ2v) is 6.65. The maximum Gasteiger partial charge on any atom is 0.255 e. The minimum absolute atomic E-state index is 0.149. The van der Waals surface area contributed by atoms with Crippen LogP contribution >= 0.6 is 0 Å². The lowest BCUT2D eigenvalue weighted by Gasteiger charge is -2.18. The summed E-state index contributed by atoms with van der Waals surface area (Å²) in [6.45, 7) is 5.42. The van der Waals surface area contributed by atoms with Gasteiger partial charge in [-0.3, -0.25) is 14.4 Å². The first-order valence-corrected chi connectivity index (χ1v) is 7.80. The van der Waals surface area contributed by atoms with Gasteiger partial charge in [0.2, 0.25) is 5.91 Å². The number of para-hydroxylation sites is 1. The fraction of sp³-hybridized carbons (Fsp3) is 0.211. The molecule has 2 aromatic carbocycles. The third-order valence-corrected chi connectivity index (χ3v) is 3.50. The molecule has 6 heteroatoms. The van der Waals surface area contributed by atoms with Crippen LogP contribution in [-0.2, 0) is 4.79 Å². The van der Waals surface area contributed by atoms with Gasteiger partial charge in [-0.05, 0) is 30.3 Å². The van der Waals surface area contributed by atoms with E-state index < -0.39 is 17.2 Å². The van der Waals surface area contributed by atoms with Gasteiger partial charge in [0.15, 0.2) is 0 Å². The van der Waals surface area contributed by atoms with Crippen LogP contribution < -0.4 is 16.4 Å². The van der Waals surface area contributed by atoms with E-state index in [0.717, 1.165) is 0 Å². The zero-order valence-corrected chi connectivity index (χ0v) is 14.4. The van der Waals surface area contributed by atoms with Gasteiger partial charge in [-0.15, -0.1) is 0 Å². The van der Waals surface area contributed by atoms with Crippen LogP contribution in [-0.4, -0.2) is 17.7 Å². The van der Waals surface area contributed by atoms with Crippen LogP contribution in [0.1, 0.15) is 41.5 Å². The molecule has 25 heavy (non-hydrogen) atoms. The molecule has 0 saturated carbocycles. The van der Waals surface area contributed by atoms with Gasteiger partial charge in [-0.1, -0.05) is 39.0 Å². The highest BCUT2D eigenvalue weighted by atomic mass is 16.2. The van der Waals surface area contributed by atoms with Gasteiger partial charge in [0.1, 0.15) is 0 Å². The van der Waals surface area contributed by atoms with E-state index in [1.54, 1.807) is 63.2 Å². The summed E-state index contributed by atoms with van der Waals surface area (Å²) < 4.78 is 0. The number of hydrogen-bond acceptors (Lipinski definition) is 3. The van der Waals surface area contributed by atoms with Crippen LogP contribution in [0.4, 0.5) is 11.4 Å². The van der Waals surface area contributed by atoms with E-state index in [1.165, 1.54) is 6.07 Å². The van der Waals surface area contributed by atoms with Crippen molar-refractivity contribution in [2.24, 2.45) is 11.1 Å². The van der Waals surface area contributed by atoms with Crippen molar-refractivity contribution >= 4 is 29.1 Å². The van der Waals surface area contributed by atoms with Gasteiger partial charge in [-0.25, -0.2) is 0 Å². The average molecular weight is 339 g/mol. The van der Waals surface area contributed by atoms with Gasteiger partial charge in [0.05, 0.1) is 11.3 Å². The molecule has 0 atom stereocenters. The molecule has 0 aliphatic rings. The van der Waals surface area contributed by atoms with Crippen LogP contribution in [0.5, 0.6) is 0 Å². The van der Waals surface area contributed by atoms with Gasteiger partial charge in [0.25, 0.3) is 11.8 Å². The lowest BCUT2D eigenvalue weighted by atomic mass is 9.95. The summed E-state index contributed by atoms with van der Waals surface area (Å²) in [4.78, 5) is 35.9. The fourth-order valence-electron chi connectivity index (χ4n) is 2.06. The van der Waals surface area contributed by atoms with E-state index in [0.29, 0.717) is 16.9 Å². The number of carbonyl (C=O) groups excluding carboxylic acids is 3. The third-order valence-electron chi connectivity index (χ3n) is 3.50. The van der Waals surface area contributed by atoms with Crippen molar-refractivity contribution in [1.29, 1.82) is 0 Å². The van der Waals surface area contributed by atoms with Gasteiger partial charge < -0.3 is 16.4 Å². The van der Waals surface area contributed by atoms with Crippen molar-refractivity contribution in [3.8, 4) is 0 Å². The quantitative estimate of drug-likeness (QED) is 0.798. The molecule has 3 amide bonds. The fourth-order valence-corrected chi connectivity index (χ4v) is 2.06. The molecule has 0 aliphatic carbocycles. The lowest BCUT2D eigenvalue weighted by Crippen LogP contribution is -2.27. The second-order valence-electron chi connectivity index (χ2n) is 6.65. The predicted molar refractivity (Wildman–Crippen MR) is 97.4 cm³/mol. The molecular weight excluding hydrogens is 318 g/mol. The van der Waals surface area contributed by atoms with Crippen molar-refractivity contribution in [2.75, 3.05) is 10.6 Å². The summed E-state index contributed by atoms with van der Waals surface area (Å²) in [5, 5.41) is 5.44. The third kappa shape index (κ3) is 4.67. The molecule has 0 unspecified atom stereocenters. The first-order chi connectivity index (χ1) is 11.7. The smallest absolute Gasteiger partial charge is 0.255 e. The van der Waals surface area contributed by atoms with Crippen molar-refractivity contribution in [3.05, 3.63) is 59.7 Å². The Kier molecular flexibility index (Phi) is 5.22. The molecule has 2 aromatic rings. The number of carbonyl (C=O) groups is 3. The number of rotatable bonds is 4. The van der Waals surface area contributed by atoms with Crippen molar-refractivity contribution in [3.63, 3.8) is 0 Å². The number of primary amides is 1.